The quantitative estimate of drug-likeness (QED) is 0.347. The van der Waals surface area contributed by atoms with Crippen molar-refractivity contribution in [3.8, 4) is 0 Å². The lowest BCUT2D eigenvalue weighted by atomic mass is 9.83. The molecule has 1 fully saturated rings. The van der Waals surface area contributed by atoms with E-state index in [4.69, 9.17) is 0 Å². The summed E-state index contributed by atoms with van der Waals surface area (Å²) in [6, 6.07) is 12.3. The third-order valence-electron chi connectivity index (χ3n) is 6.59. The first-order chi connectivity index (χ1) is 16.1. The van der Waals surface area contributed by atoms with Crippen molar-refractivity contribution in [1.29, 1.82) is 0 Å². The number of fused-ring (bicyclic) bond motifs is 2. The van der Waals surface area contributed by atoms with Gasteiger partial charge in [0.25, 0.3) is 5.91 Å². The van der Waals surface area contributed by atoms with Gasteiger partial charge in [0, 0.05) is 53.5 Å². The van der Waals surface area contributed by atoms with Crippen molar-refractivity contribution in [3.63, 3.8) is 0 Å². The van der Waals surface area contributed by atoms with E-state index >= 15 is 0 Å². The largest absolute Gasteiger partial charge is 0.352 e. The zero-order chi connectivity index (χ0) is 23.0. The zero-order valence-corrected chi connectivity index (χ0v) is 21.6. The van der Waals surface area contributed by atoms with Gasteiger partial charge in [0.15, 0.2) is 11.6 Å². The molecule has 0 spiro atoms. The standard InChI is InChI=1S/C27H33N3O3.2ClH/c31-25-21-10-4-5-11-22(21)26(32)24-18-19(12-13-23(24)25)27(33)30-15-7-6-14-28-16-17-29-20-8-2-1-3-9-20;;/h4-5,10-13,18,20,28-29H,1-3,6-9,14-17H2,(H,30,33);2*1H. The van der Waals surface area contributed by atoms with Gasteiger partial charge in [-0.1, -0.05) is 43.5 Å². The molecule has 1 saturated carbocycles. The van der Waals surface area contributed by atoms with Crippen molar-refractivity contribution in [3.05, 3.63) is 70.3 Å². The Hall–Kier alpha value is -2.25. The van der Waals surface area contributed by atoms with E-state index in [1.165, 1.54) is 32.1 Å². The molecule has 8 heteroatoms. The second-order valence-electron chi connectivity index (χ2n) is 8.97. The van der Waals surface area contributed by atoms with Crippen molar-refractivity contribution in [2.24, 2.45) is 0 Å². The molecule has 190 valence electrons. The van der Waals surface area contributed by atoms with Crippen molar-refractivity contribution >= 4 is 42.3 Å². The summed E-state index contributed by atoms with van der Waals surface area (Å²) in [6.45, 7) is 3.48. The summed E-state index contributed by atoms with van der Waals surface area (Å²) < 4.78 is 0. The van der Waals surface area contributed by atoms with Crippen LogP contribution in [0.4, 0.5) is 0 Å². The van der Waals surface area contributed by atoms with Gasteiger partial charge in [-0.2, -0.15) is 0 Å². The number of benzene rings is 2. The van der Waals surface area contributed by atoms with Gasteiger partial charge >= 0.3 is 0 Å². The Morgan fingerprint density at radius 1 is 0.743 bits per heavy atom. The number of ketones is 2. The first kappa shape index (κ1) is 29.0. The number of amides is 1. The van der Waals surface area contributed by atoms with Gasteiger partial charge in [-0.3, -0.25) is 14.4 Å². The van der Waals surface area contributed by atoms with Crippen LogP contribution in [-0.4, -0.2) is 49.7 Å². The van der Waals surface area contributed by atoms with Crippen molar-refractivity contribution in [1.82, 2.24) is 16.0 Å². The Morgan fingerprint density at radius 2 is 1.37 bits per heavy atom. The molecule has 0 heterocycles. The highest BCUT2D eigenvalue weighted by atomic mass is 35.5. The Labute approximate surface area is 219 Å². The molecule has 2 aliphatic rings. The molecular weight excluding hydrogens is 485 g/mol. The second-order valence-corrected chi connectivity index (χ2v) is 8.97. The maximum Gasteiger partial charge on any atom is 0.251 e. The summed E-state index contributed by atoms with van der Waals surface area (Å²) in [5.41, 5.74) is 1.89. The molecule has 2 aliphatic carbocycles. The lowest BCUT2D eigenvalue weighted by Crippen LogP contribution is -2.36. The molecule has 0 atom stereocenters. The molecular formula is C27H35Cl2N3O3. The molecule has 0 saturated heterocycles. The average molecular weight is 521 g/mol. The maximum absolute atomic E-state index is 12.8. The fourth-order valence-electron chi connectivity index (χ4n) is 4.72. The molecule has 1 amide bonds. The highest BCUT2D eigenvalue weighted by Crippen LogP contribution is 2.27. The highest BCUT2D eigenvalue weighted by molar-refractivity contribution is 6.28. The van der Waals surface area contributed by atoms with E-state index in [1.807, 2.05) is 0 Å². The lowest BCUT2D eigenvalue weighted by Gasteiger charge is -2.22. The Bertz CT molecular complexity index is 1020. The van der Waals surface area contributed by atoms with Gasteiger partial charge < -0.3 is 16.0 Å². The van der Waals surface area contributed by atoms with Crippen LogP contribution in [0.2, 0.25) is 0 Å². The minimum Gasteiger partial charge on any atom is -0.352 e. The highest BCUT2D eigenvalue weighted by Gasteiger charge is 2.29. The van der Waals surface area contributed by atoms with Crippen molar-refractivity contribution in [2.75, 3.05) is 26.2 Å². The summed E-state index contributed by atoms with van der Waals surface area (Å²) in [5.74, 6) is -0.603. The van der Waals surface area contributed by atoms with Crippen LogP contribution in [0.15, 0.2) is 42.5 Å². The van der Waals surface area contributed by atoms with E-state index < -0.39 is 0 Å². The Balaban J connectivity index is 0.00000216. The van der Waals surface area contributed by atoms with Crippen LogP contribution in [0.3, 0.4) is 0 Å². The fraction of sp³-hybridized carbons (Fsp3) is 0.444. The van der Waals surface area contributed by atoms with Gasteiger partial charge in [-0.05, 0) is 50.4 Å². The number of rotatable bonds is 10. The van der Waals surface area contributed by atoms with E-state index in [0.717, 1.165) is 32.5 Å². The summed E-state index contributed by atoms with van der Waals surface area (Å²) in [5, 5.41) is 10.00. The first-order valence-electron chi connectivity index (χ1n) is 12.2. The molecule has 3 N–H and O–H groups in total. The van der Waals surface area contributed by atoms with Gasteiger partial charge in [0.1, 0.15) is 0 Å². The van der Waals surface area contributed by atoms with Crippen LogP contribution in [-0.2, 0) is 0 Å². The minimum atomic E-state index is -0.221. The van der Waals surface area contributed by atoms with Crippen LogP contribution in [0, 0.1) is 0 Å². The number of halogens is 2. The van der Waals surface area contributed by atoms with Crippen molar-refractivity contribution in [2.45, 2.75) is 51.0 Å². The maximum atomic E-state index is 12.8. The average Bonchev–Trinajstić information content (AvgIpc) is 2.86. The van der Waals surface area contributed by atoms with Gasteiger partial charge in [-0.15, -0.1) is 24.8 Å². The minimum absolute atomic E-state index is 0. The summed E-state index contributed by atoms with van der Waals surface area (Å²) in [7, 11) is 0. The number of hydrogen-bond donors (Lipinski definition) is 3. The third kappa shape index (κ3) is 7.37. The zero-order valence-electron chi connectivity index (χ0n) is 19.9. The molecule has 0 aromatic heterocycles. The number of unbranched alkanes of at least 4 members (excludes halogenated alkanes) is 1. The van der Waals surface area contributed by atoms with E-state index in [9.17, 15) is 14.4 Å². The summed E-state index contributed by atoms with van der Waals surface area (Å²) in [6.07, 6.45) is 8.56. The topological polar surface area (TPSA) is 87.3 Å². The second kappa shape index (κ2) is 14.3. The predicted molar refractivity (Wildman–Crippen MR) is 144 cm³/mol. The SMILES string of the molecule is Cl.Cl.O=C(NCCCCNCCNC1CCCCC1)c1ccc2c(c1)C(=O)c1ccccc1C2=O. The van der Waals surface area contributed by atoms with Crippen molar-refractivity contribution < 1.29 is 14.4 Å². The van der Waals surface area contributed by atoms with Crippen LogP contribution in [0.5, 0.6) is 0 Å². The van der Waals surface area contributed by atoms with E-state index in [-0.39, 0.29) is 42.3 Å². The van der Waals surface area contributed by atoms with Gasteiger partial charge in [0.05, 0.1) is 0 Å². The fourth-order valence-corrected chi connectivity index (χ4v) is 4.72. The van der Waals surface area contributed by atoms with Gasteiger partial charge in [0.2, 0.25) is 0 Å². The number of nitrogens with one attached hydrogen (secondary N) is 3. The smallest absolute Gasteiger partial charge is 0.251 e. The van der Waals surface area contributed by atoms with E-state index in [1.54, 1.807) is 42.5 Å². The summed E-state index contributed by atoms with van der Waals surface area (Å²) >= 11 is 0. The van der Waals surface area contributed by atoms with Crippen LogP contribution >= 0.6 is 24.8 Å². The molecule has 2 aromatic carbocycles. The molecule has 4 rings (SSSR count). The molecule has 6 nitrogen and oxygen atoms in total. The summed E-state index contributed by atoms with van der Waals surface area (Å²) in [4.78, 5) is 38.1. The molecule has 0 unspecified atom stereocenters. The van der Waals surface area contributed by atoms with Crippen LogP contribution in [0.25, 0.3) is 0 Å². The molecule has 35 heavy (non-hydrogen) atoms. The molecule has 0 bridgehead atoms. The van der Waals surface area contributed by atoms with Crippen LogP contribution in [0.1, 0.15) is 87.1 Å². The van der Waals surface area contributed by atoms with E-state index in [2.05, 4.69) is 16.0 Å². The molecule has 2 aromatic rings. The Morgan fingerprint density at radius 3 is 2.09 bits per heavy atom. The Kier molecular flexibility index (Phi) is 11.9. The lowest BCUT2D eigenvalue weighted by molar-refractivity contribution is 0.0950. The van der Waals surface area contributed by atoms with Crippen LogP contribution < -0.4 is 16.0 Å². The number of carbonyl (C=O) groups is 3. The predicted octanol–water partition coefficient (Wildman–Crippen LogP) is 4.33. The third-order valence-corrected chi connectivity index (χ3v) is 6.59. The normalized spacial score (nSPS) is 14.9. The van der Waals surface area contributed by atoms with E-state index in [0.29, 0.717) is 40.4 Å². The number of hydrogen-bond acceptors (Lipinski definition) is 5. The van der Waals surface area contributed by atoms with Gasteiger partial charge in [-0.25, -0.2) is 0 Å². The number of carbonyl (C=O) groups excluding carboxylic acids is 3. The molecule has 0 radical (unpaired) electrons. The molecule has 0 aliphatic heterocycles. The monoisotopic (exact) mass is 519 g/mol. The first-order valence-corrected chi connectivity index (χ1v) is 12.2.